The molecule has 1 aromatic carbocycles. The van der Waals surface area contributed by atoms with E-state index < -0.39 is 0 Å². The molecule has 0 N–H and O–H groups in total. The van der Waals surface area contributed by atoms with Crippen molar-refractivity contribution in [3.8, 4) is 0 Å². The average Bonchev–Trinajstić information content (AvgIpc) is 2.33. The molecule has 0 atom stereocenters. The van der Waals surface area contributed by atoms with Crippen LogP contribution in [-0.4, -0.2) is 4.98 Å². The lowest BCUT2D eigenvalue weighted by molar-refractivity contribution is 0.624. The second kappa shape index (κ2) is 5.44. The summed E-state index contributed by atoms with van der Waals surface area (Å²) in [5.41, 5.74) is 1.47. The lowest BCUT2D eigenvalue weighted by atomic mass is 10.1. The molecule has 1 nitrogen and oxygen atoms in total. The van der Waals surface area contributed by atoms with Crippen LogP contribution in [0.25, 0.3) is 10.9 Å². The van der Waals surface area contributed by atoms with E-state index in [-0.39, 0.29) is 5.82 Å². The number of nitrogens with zero attached hydrogens (tertiary/aromatic N) is 1. The molecule has 0 saturated heterocycles. The number of rotatable bonds is 1. The largest absolute Gasteiger partial charge is 0.256 e. The van der Waals surface area contributed by atoms with Crippen molar-refractivity contribution in [2.24, 2.45) is 0 Å². The van der Waals surface area contributed by atoms with Crippen LogP contribution < -0.4 is 0 Å². The first kappa shape index (κ1) is 11.6. The van der Waals surface area contributed by atoms with Gasteiger partial charge in [-0.2, -0.15) is 0 Å². The Bertz CT molecular complexity index is 437. The van der Waals surface area contributed by atoms with Gasteiger partial charge in [0.1, 0.15) is 5.82 Å². The van der Waals surface area contributed by atoms with Crippen molar-refractivity contribution in [2.75, 3.05) is 0 Å². The molecule has 0 fully saturated rings. The quantitative estimate of drug-likeness (QED) is 0.686. The Morgan fingerprint density at radius 1 is 1.20 bits per heavy atom. The van der Waals surface area contributed by atoms with Crippen LogP contribution in [0.1, 0.15) is 26.3 Å². The molecule has 1 heterocycles. The van der Waals surface area contributed by atoms with E-state index in [1.54, 1.807) is 24.4 Å². The van der Waals surface area contributed by atoms with Gasteiger partial charge >= 0.3 is 0 Å². The zero-order valence-corrected chi connectivity index (χ0v) is 9.42. The van der Waals surface area contributed by atoms with Crippen molar-refractivity contribution < 1.29 is 4.39 Å². The zero-order chi connectivity index (χ0) is 11.3. The number of hydrogen-bond donors (Lipinski definition) is 0. The maximum absolute atomic E-state index is 13.6. The van der Waals surface area contributed by atoms with E-state index in [1.165, 1.54) is 0 Å². The summed E-state index contributed by atoms with van der Waals surface area (Å²) >= 11 is 0. The third kappa shape index (κ3) is 2.32. The van der Waals surface area contributed by atoms with Crippen LogP contribution in [-0.2, 0) is 6.42 Å². The van der Waals surface area contributed by atoms with E-state index in [2.05, 4.69) is 4.98 Å². The normalized spacial score (nSPS) is 9.60. The lowest BCUT2D eigenvalue weighted by Crippen LogP contribution is -1.90. The SMILES string of the molecule is CC.CCc1ccc2ncccc2c1F. The number of hydrogen-bond acceptors (Lipinski definition) is 1. The molecular formula is C13H16FN. The molecule has 2 aromatic rings. The van der Waals surface area contributed by atoms with Gasteiger partial charge in [-0.3, -0.25) is 4.98 Å². The van der Waals surface area contributed by atoms with Crippen molar-refractivity contribution in [3.63, 3.8) is 0 Å². The standard InChI is InChI=1S/C11H10FN.C2H6/c1-2-8-5-6-10-9(11(8)12)4-3-7-13-10;1-2/h3-7H,2H2,1H3;1-2H3. The molecule has 15 heavy (non-hydrogen) atoms. The van der Waals surface area contributed by atoms with Crippen molar-refractivity contribution in [1.29, 1.82) is 0 Å². The van der Waals surface area contributed by atoms with Crippen LogP contribution in [0.4, 0.5) is 4.39 Å². The minimum atomic E-state index is -0.131. The summed E-state index contributed by atoms with van der Waals surface area (Å²) in [5.74, 6) is -0.131. The van der Waals surface area contributed by atoms with E-state index in [0.29, 0.717) is 5.39 Å². The molecular weight excluding hydrogens is 189 g/mol. The predicted octanol–water partition coefficient (Wildman–Crippen LogP) is 3.96. The van der Waals surface area contributed by atoms with E-state index in [4.69, 9.17) is 0 Å². The number of halogens is 1. The molecule has 0 amide bonds. The Morgan fingerprint density at radius 3 is 2.60 bits per heavy atom. The summed E-state index contributed by atoms with van der Waals surface area (Å²) in [6.07, 6.45) is 2.39. The number of aromatic nitrogens is 1. The summed E-state index contributed by atoms with van der Waals surface area (Å²) in [4.78, 5) is 4.08. The third-order valence-electron chi connectivity index (χ3n) is 2.18. The highest BCUT2D eigenvalue weighted by molar-refractivity contribution is 5.79. The molecule has 0 saturated carbocycles. The summed E-state index contributed by atoms with van der Waals surface area (Å²) in [5, 5.41) is 0.613. The fourth-order valence-electron chi connectivity index (χ4n) is 1.43. The Labute approximate surface area is 90.0 Å². The second-order valence-corrected chi connectivity index (χ2v) is 2.96. The van der Waals surface area contributed by atoms with Gasteiger partial charge in [0.2, 0.25) is 0 Å². The van der Waals surface area contributed by atoms with E-state index in [1.807, 2.05) is 26.8 Å². The average molecular weight is 205 g/mol. The Balaban J connectivity index is 0.000000531. The first-order chi connectivity index (χ1) is 7.33. The van der Waals surface area contributed by atoms with Gasteiger partial charge in [0.15, 0.2) is 0 Å². The molecule has 0 aliphatic rings. The minimum Gasteiger partial charge on any atom is -0.256 e. The fourth-order valence-corrected chi connectivity index (χ4v) is 1.43. The van der Waals surface area contributed by atoms with Gasteiger partial charge in [-0.25, -0.2) is 4.39 Å². The van der Waals surface area contributed by atoms with Gasteiger partial charge in [0.05, 0.1) is 5.52 Å². The number of pyridine rings is 1. The summed E-state index contributed by atoms with van der Waals surface area (Å²) in [7, 11) is 0. The van der Waals surface area contributed by atoms with E-state index >= 15 is 0 Å². The van der Waals surface area contributed by atoms with Crippen LogP contribution in [0.15, 0.2) is 30.5 Å². The van der Waals surface area contributed by atoms with Crippen molar-refractivity contribution in [3.05, 3.63) is 41.8 Å². The maximum atomic E-state index is 13.6. The monoisotopic (exact) mass is 205 g/mol. The minimum absolute atomic E-state index is 0.131. The molecule has 2 heteroatoms. The maximum Gasteiger partial charge on any atom is 0.135 e. The predicted molar refractivity (Wildman–Crippen MR) is 62.4 cm³/mol. The highest BCUT2D eigenvalue weighted by Gasteiger charge is 2.04. The van der Waals surface area contributed by atoms with Crippen LogP contribution >= 0.6 is 0 Å². The Kier molecular flexibility index (Phi) is 4.22. The molecule has 80 valence electrons. The molecule has 0 aliphatic heterocycles. The summed E-state index contributed by atoms with van der Waals surface area (Å²) < 4.78 is 13.6. The van der Waals surface area contributed by atoms with E-state index in [0.717, 1.165) is 17.5 Å². The number of benzene rings is 1. The zero-order valence-electron chi connectivity index (χ0n) is 9.42. The van der Waals surface area contributed by atoms with Crippen LogP contribution in [0.3, 0.4) is 0 Å². The molecule has 2 rings (SSSR count). The molecule has 0 aliphatic carbocycles. The van der Waals surface area contributed by atoms with Gasteiger partial charge in [-0.1, -0.05) is 26.8 Å². The Morgan fingerprint density at radius 2 is 1.93 bits per heavy atom. The van der Waals surface area contributed by atoms with Crippen LogP contribution in [0, 0.1) is 5.82 Å². The van der Waals surface area contributed by atoms with Crippen LogP contribution in [0.5, 0.6) is 0 Å². The van der Waals surface area contributed by atoms with Gasteiger partial charge in [0, 0.05) is 11.6 Å². The number of fused-ring (bicyclic) bond motifs is 1. The third-order valence-corrected chi connectivity index (χ3v) is 2.18. The van der Waals surface area contributed by atoms with Crippen molar-refractivity contribution >= 4 is 10.9 Å². The van der Waals surface area contributed by atoms with Crippen molar-refractivity contribution in [1.82, 2.24) is 4.98 Å². The Hall–Kier alpha value is -1.44. The molecule has 0 unspecified atom stereocenters. The lowest BCUT2D eigenvalue weighted by Gasteiger charge is -2.02. The van der Waals surface area contributed by atoms with Gasteiger partial charge in [-0.15, -0.1) is 0 Å². The second-order valence-electron chi connectivity index (χ2n) is 2.96. The van der Waals surface area contributed by atoms with Gasteiger partial charge in [-0.05, 0) is 30.2 Å². The smallest absolute Gasteiger partial charge is 0.135 e. The first-order valence-electron chi connectivity index (χ1n) is 5.35. The first-order valence-corrected chi connectivity index (χ1v) is 5.35. The van der Waals surface area contributed by atoms with Gasteiger partial charge < -0.3 is 0 Å². The van der Waals surface area contributed by atoms with E-state index in [9.17, 15) is 4.39 Å². The van der Waals surface area contributed by atoms with Gasteiger partial charge in [0.25, 0.3) is 0 Å². The molecule has 0 spiro atoms. The molecule has 1 aromatic heterocycles. The summed E-state index contributed by atoms with van der Waals surface area (Å²) in [6, 6.07) is 7.17. The molecule has 0 radical (unpaired) electrons. The summed E-state index contributed by atoms with van der Waals surface area (Å²) in [6.45, 7) is 5.95. The highest BCUT2D eigenvalue weighted by atomic mass is 19.1. The highest BCUT2D eigenvalue weighted by Crippen LogP contribution is 2.19. The fraction of sp³-hybridized carbons (Fsp3) is 0.308. The van der Waals surface area contributed by atoms with Crippen LogP contribution in [0.2, 0.25) is 0 Å². The topological polar surface area (TPSA) is 12.9 Å². The van der Waals surface area contributed by atoms with Crippen molar-refractivity contribution in [2.45, 2.75) is 27.2 Å². The number of aryl methyl sites for hydroxylation is 1. The molecule has 0 bridgehead atoms.